The van der Waals surface area contributed by atoms with Gasteiger partial charge in [0.25, 0.3) is 0 Å². The highest BCUT2D eigenvalue weighted by atomic mass is 35.5. The van der Waals surface area contributed by atoms with E-state index in [2.05, 4.69) is 6.92 Å². The lowest BCUT2D eigenvalue weighted by molar-refractivity contribution is 0.815. The quantitative estimate of drug-likeness (QED) is 0.505. The average molecular weight is 246 g/mol. The van der Waals surface area contributed by atoms with Crippen LogP contribution in [0.3, 0.4) is 0 Å². The molecule has 0 N–H and O–H groups in total. The molecule has 0 atom stereocenters. The van der Waals surface area contributed by atoms with Crippen molar-refractivity contribution in [1.29, 1.82) is 0 Å². The van der Waals surface area contributed by atoms with E-state index in [1.54, 1.807) is 0 Å². The lowest BCUT2D eigenvalue weighted by Gasteiger charge is -2.03. The van der Waals surface area contributed by atoms with Crippen molar-refractivity contribution in [2.24, 2.45) is 0 Å². The highest BCUT2D eigenvalue weighted by Gasteiger charge is 2.22. The van der Waals surface area contributed by atoms with Crippen LogP contribution in [-0.2, 0) is 0 Å². The van der Waals surface area contributed by atoms with Gasteiger partial charge in [-0.15, -0.1) is 0 Å². The summed E-state index contributed by atoms with van der Waals surface area (Å²) in [6.45, 7) is 2.12. The Kier molecular flexibility index (Phi) is 8.07. The largest absolute Gasteiger partial charge is 0.372 e. The third-order valence-corrected chi connectivity index (χ3v) is 2.45. The van der Waals surface area contributed by atoms with Gasteiger partial charge in [0.15, 0.2) is 0 Å². The second-order valence-corrected chi connectivity index (χ2v) is 4.64. The van der Waals surface area contributed by atoms with Gasteiger partial charge in [-0.1, -0.05) is 31.2 Å². The van der Waals surface area contributed by atoms with E-state index in [-0.39, 0.29) is 0 Å². The van der Waals surface area contributed by atoms with Gasteiger partial charge in [-0.2, -0.15) is 45.8 Å². The first-order valence-corrected chi connectivity index (χ1v) is 5.60. The van der Waals surface area contributed by atoms with E-state index in [4.69, 9.17) is 45.8 Å². The van der Waals surface area contributed by atoms with Crippen molar-refractivity contribution in [1.82, 2.24) is 0 Å². The fourth-order valence-corrected chi connectivity index (χ4v) is 1.86. The molecule has 12 heavy (non-hydrogen) atoms. The van der Waals surface area contributed by atoms with Crippen molar-refractivity contribution in [3.8, 4) is 0 Å². The van der Waals surface area contributed by atoms with E-state index in [0.717, 1.165) is 19.3 Å². The Morgan fingerprint density at radius 1 is 1.17 bits per heavy atom. The van der Waals surface area contributed by atoms with Crippen molar-refractivity contribution < 1.29 is 0 Å². The van der Waals surface area contributed by atoms with E-state index in [0.29, 0.717) is 5.37 Å². The molecule has 0 aromatic heterocycles. The van der Waals surface area contributed by atoms with Crippen LogP contribution in [0.5, 0.6) is 0 Å². The predicted molar refractivity (Wildman–Crippen MR) is 62.5 cm³/mol. The molecule has 6 heteroatoms. The molecule has 0 aromatic rings. The summed E-state index contributed by atoms with van der Waals surface area (Å²) in [5.74, 6) is 0. The molecule has 0 fully saturated rings. The third kappa shape index (κ3) is 5.64. The fourth-order valence-electron chi connectivity index (χ4n) is 0.746. The first kappa shape index (κ1) is 13.0. The van der Waals surface area contributed by atoms with Gasteiger partial charge in [0.2, 0.25) is 0 Å². The van der Waals surface area contributed by atoms with Crippen molar-refractivity contribution in [3.05, 3.63) is 11.4 Å². The van der Waals surface area contributed by atoms with E-state index in [1.807, 2.05) is 6.08 Å². The second-order valence-electron chi connectivity index (χ2n) is 2.45. The fraction of sp³-hybridized carbons (Fsp3) is 0.667. The summed E-state index contributed by atoms with van der Waals surface area (Å²) < 4.78 is 0. The van der Waals surface area contributed by atoms with Gasteiger partial charge in [-0.3, -0.25) is 0 Å². The van der Waals surface area contributed by atoms with Crippen LogP contribution in [0.4, 0.5) is 0 Å². The molecule has 0 radical (unpaired) electrons. The molecule has 0 saturated carbocycles. The smallest absolute Gasteiger partial charge is 0.166 e. The van der Waals surface area contributed by atoms with Crippen LogP contribution in [0.25, 0.3) is 0 Å². The van der Waals surface area contributed by atoms with E-state index in [1.165, 1.54) is 0 Å². The minimum atomic E-state index is -0.596. The van der Waals surface area contributed by atoms with Crippen LogP contribution in [0, 0.1) is 0 Å². The Hall–Kier alpha value is 1.03. The number of allylic oxidation sites excluding steroid dienone is 1. The first-order chi connectivity index (χ1) is 5.59. The van der Waals surface area contributed by atoms with Crippen molar-refractivity contribution in [2.45, 2.75) is 26.2 Å². The molecular formula is C6H10B2Cl4. The van der Waals surface area contributed by atoms with E-state index < -0.39 is 11.1 Å². The summed E-state index contributed by atoms with van der Waals surface area (Å²) >= 11 is 22.6. The van der Waals surface area contributed by atoms with Gasteiger partial charge in [0, 0.05) is 0 Å². The molecule has 0 bridgehead atoms. The summed E-state index contributed by atoms with van der Waals surface area (Å²) in [6.07, 6.45) is 5.08. The standard InChI is InChI=1S/C6H10B2Cl4/c1-2-3-4-5-6(7(9)10)8(11)12/h5H,2-4H2,1H3. The van der Waals surface area contributed by atoms with Crippen molar-refractivity contribution in [3.63, 3.8) is 0 Å². The number of hydrogen-bond donors (Lipinski definition) is 0. The normalized spacial score (nSPS) is 9.42. The summed E-state index contributed by atoms with van der Waals surface area (Å²) in [5.41, 5.74) is -1.19. The zero-order valence-corrected chi connectivity index (χ0v) is 9.89. The van der Waals surface area contributed by atoms with Gasteiger partial charge < -0.3 is 0 Å². The Labute approximate surface area is 94.4 Å². The Bertz CT molecular complexity index is 136. The number of unbranched alkanes of at least 4 members (excludes halogenated alkanes) is 2. The van der Waals surface area contributed by atoms with Gasteiger partial charge in [-0.25, -0.2) is 0 Å². The van der Waals surface area contributed by atoms with Gasteiger partial charge >= 0.3 is 11.1 Å². The number of hydrogen-bond acceptors (Lipinski definition) is 0. The minimum absolute atomic E-state index is 0.596. The zero-order valence-electron chi connectivity index (χ0n) is 6.87. The highest BCUT2D eigenvalue weighted by Crippen LogP contribution is 2.19. The molecule has 0 saturated heterocycles. The SMILES string of the molecule is CCCCC=C(B(Cl)Cl)B(Cl)Cl. The van der Waals surface area contributed by atoms with Crippen LogP contribution in [-0.4, -0.2) is 11.1 Å². The topological polar surface area (TPSA) is 0 Å². The molecule has 0 amide bonds. The number of rotatable bonds is 5. The van der Waals surface area contributed by atoms with Crippen LogP contribution in [0.15, 0.2) is 11.4 Å². The molecule has 0 spiro atoms. The zero-order chi connectivity index (χ0) is 9.56. The monoisotopic (exact) mass is 244 g/mol. The molecule has 0 aliphatic rings. The molecule has 0 heterocycles. The Balaban J connectivity index is 4.00. The average Bonchev–Trinajstić information content (AvgIpc) is 1.96. The number of halogens is 4. The second kappa shape index (κ2) is 7.44. The van der Waals surface area contributed by atoms with E-state index in [9.17, 15) is 0 Å². The van der Waals surface area contributed by atoms with Crippen molar-refractivity contribution in [2.75, 3.05) is 0 Å². The maximum atomic E-state index is 5.65. The van der Waals surface area contributed by atoms with Crippen LogP contribution < -0.4 is 0 Å². The van der Waals surface area contributed by atoms with Crippen LogP contribution >= 0.6 is 45.8 Å². The molecule has 0 nitrogen and oxygen atoms in total. The summed E-state index contributed by atoms with van der Waals surface area (Å²) in [4.78, 5) is 0. The lowest BCUT2D eigenvalue weighted by Crippen LogP contribution is -2.11. The maximum absolute atomic E-state index is 5.65. The van der Waals surface area contributed by atoms with E-state index >= 15 is 0 Å². The molecule has 0 aliphatic carbocycles. The molecular weight excluding hydrogens is 236 g/mol. The predicted octanol–water partition coefficient (Wildman–Crippen LogP) is 4.11. The van der Waals surface area contributed by atoms with Crippen molar-refractivity contribution >= 4 is 56.9 Å². The Morgan fingerprint density at radius 3 is 2.00 bits per heavy atom. The molecule has 68 valence electrons. The van der Waals surface area contributed by atoms with Crippen LogP contribution in [0.2, 0.25) is 0 Å². The first-order valence-electron chi connectivity index (χ1n) is 3.85. The van der Waals surface area contributed by atoms with Gasteiger partial charge in [-0.05, 0) is 6.42 Å². The summed E-state index contributed by atoms with van der Waals surface area (Å²) in [7, 11) is 0. The summed E-state index contributed by atoms with van der Waals surface area (Å²) in [5, 5.41) is 0.690. The van der Waals surface area contributed by atoms with Crippen LogP contribution in [0.1, 0.15) is 26.2 Å². The highest BCUT2D eigenvalue weighted by molar-refractivity contribution is 7.50. The molecule has 0 rings (SSSR count). The summed E-state index contributed by atoms with van der Waals surface area (Å²) in [6, 6.07) is 0. The molecule has 0 aliphatic heterocycles. The maximum Gasteiger partial charge on any atom is 0.372 e. The minimum Gasteiger partial charge on any atom is -0.166 e. The molecule has 0 aromatic carbocycles. The van der Waals surface area contributed by atoms with Gasteiger partial charge in [0.1, 0.15) is 0 Å². The van der Waals surface area contributed by atoms with Gasteiger partial charge in [0.05, 0.1) is 0 Å². The Morgan fingerprint density at radius 2 is 1.67 bits per heavy atom. The lowest BCUT2D eigenvalue weighted by atomic mass is 9.73. The molecule has 0 unspecified atom stereocenters. The third-order valence-electron chi connectivity index (χ3n) is 1.44.